The van der Waals surface area contributed by atoms with Crippen LogP contribution in [0.5, 0.6) is 0 Å². The van der Waals surface area contributed by atoms with Crippen molar-refractivity contribution in [3.8, 4) is 11.1 Å². The topological polar surface area (TPSA) is 58.0 Å². The van der Waals surface area contributed by atoms with E-state index in [1.54, 1.807) is 17.5 Å². The quantitative estimate of drug-likeness (QED) is 0.799. The van der Waals surface area contributed by atoms with Gasteiger partial charge in [-0.2, -0.15) is 11.3 Å². The van der Waals surface area contributed by atoms with Crippen LogP contribution in [-0.4, -0.2) is 27.7 Å². The van der Waals surface area contributed by atoms with E-state index in [0.29, 0.717) is 11.7 Å². The Kier molecular flexibility index (Phi) is 5.34. The average Bonchev–Trinajstić information content (AvgIpc) is 2.91. The number of nitrogens with zero attached hydrogens (tertiary/aromatic N) is 2. The number of aromatic nitrogens is 2. The molecule has 0 aliphatic carbocycles. The summed E-state index contributed by atoms with van der Waals surface area (Å²) >= 11 is 7.51. The maximum Gasteiger partial charge on any atom is 0.224 e. The zero-order valence-corrected chi connectivity index (χ0v) is 13.1. The van der Waals surface area contributed by atoms with E-state index in [0.717, 1.165) is 17.5 Å². The Balaban J connectivity index is 2.27. The summed E-state index contributed by atoms with van der Waals surface area (Å²) in [6, 6.07) is 1.97. The molecule has 0 saturated heterocycles. The number of aliphatic hydroxyl groups excluding tert-OH is 1. The van der Waals surface area contributed by atoms with E-state index in [1.165, 1.54) is 0 Å². The molecule has 2 N–H and O–H groups in total. The number of halogens is 1. The minimum absolute atomic E-state index is 0.0432. The first kappa shape index (κ1) is 15.2. The van der Waals surface area contributed by atoms with Crippen molar-refractivity contribution in [2.75, 3.05) is 11.9 Å². The van der Waals surface area contributed by atoms with E-state index < -0.39 is 0 Å². The molecular formula is C14H18ClN3OS. The van der Waals surface area contributed by atoms with Crippen LogP contribution in [0, 0.1) is 5.92 Å². The summed E-state index contributed by atoms with van der Waals surface area (Å²) in [6.45, 7) is 4.30. The van der Waals surface area contributed by atoms with Crippen molar-refractivity contribution < 1.29 is 5.11 Å². The van der Waals surface area contributed by atoms with Crippen molar-refractivity contribution >= 4 is 28.8 Å². The molecule has 108 valence electrons. The second-order valence-electron chi connectivity index (χ2n) is 5.07. The molecule has 2 aromatic heterocycles. The van der Waals surface area contributed by atoms with Crippen LogP contribution in [-0.2, 0) is 0 Å². The van der Waals surface area contributed by atoms with Crippen molar-refractivity contribution in [3.63, 3.8) is 0 Å². The van der Waals surface area contributed by atoms with Gasteiger partial charge in [-0.05, 0) is 46.3 Å². The number of nitrogens with one attached hydrogen (secondary N) is 1. The van der Waals surface area contributed by atoms with Crippen LogP contribution in [0.4, 0.5) is 5.82 Å². The summed E-state index contributed by atoms with van der Waals surface area (Å²) < 4.78 is 0. The Morgan fingerprint density at radius 1 is 1.45 bits per heavy atom. The normalized spacial score (nSPS) is 12.7. The van der Waals surface area contributed by atoms with Crippen LogP contribution in [0.3, 0.4) is 0 Å². The van der Waals surface area contributed by atoms with Gasteiger partial charge in [-0.15, -0.1) is 0 Å². The van der Waals surface area contributed by atoms with Gasteiger partial charge in [0.15, 0.2) is 0 Å². The number of anilines is 1. The molecule has 0 spiro atoms. The summed E-state index contributed by atoms with van der Waals surface area (Å²) in [5.41, 5.74) is 1.95. The summed E-state index contributed by atoms with van der Waals surface area (Å²) in [5, 5.41) is 17.0. The Morgan fingerprint density at radius 3 is 2.85 bits per heavy atom. The van der Waals surface area contributed by atoms with E-state index in [-0.39, 0.29) is 17.9 Å². The lowest BCUT2D eigenvalue weighted by molar-refractivity contribution is 0.259. The van der Waals surface area contributed by atoms with E-state index in [4.69, 9.17) is 11.6 Å². The van der Waals surface area contributed by atoms with Crippen LogP contribution in [0.15, 0.2) is 23.0 Å². The predicted octanol–water partition coefficient (Wildman–Crippen LogP) is 3.68. The first-order valence-electron chi connectivity index (χ1n) is 6.52. The highest BCUT2D eigenvalue weighted by Crippen LogP contribution is 2.29. The van der Waals surface area contributed by atoms with E-state index >= 15 is 0 Å². The Labute approximate surface area is 127 Å². The lowest BCUT2D eigenvalue weighted by Gasteiger charge is -2.20. The molecule has 2 rings (SSSR count). The molecule has 1 atom stereocenters. The van der Waals surface area contributed by atoms with Crippen LogP contribution in [0.25, 0.3) is 11.1 Å². The van der Waals surface area contributed by atoms with E-state index in [2.05, 4.69) is 29.1 Å². The molecule has 2 heterocycles. The van der Waals surface area contributed by atoms with Crippen LogP contribution < -0.4 is 5.32 Å². The summed E-state index contributed by atoms with van der Waals surface area (Å²) in [5.74, 6) is 1.16. The summed E-state index contributed by atoms with van der Waals surface area (Å²) in [4.78, 5) is 8.31. The molecule has 0 aromatic carbocycles. The smallest absolute Gasteiger partial charge is 0.224 e. The van der Waals surface area contributed by atoms with Crippen molar-refractivity contribution in [1.82, 2.24) is 9.97 Å². The number of rotatable bonds is 6. The van der Waals surface area contributed by atoms with Gasteiger partial charge in [0.2, 0.25) is 5.28 Å². The summed E-state index contributed by atoms with van der Waals surface area (Å²) in [7, 11) is 0. The minimum atomic E-state index is -0.0432. The zero-order valence-electron chi connectivity index (χ0n) is 11.5. The third-order valence-electron chi connectivity index (χ3n) is 2.91. The van der Waals surface area contributed by atoms with Gasteiger partial charge in [-0.1, -0.05) is 13.8 Å². The number of hydrogen-bond acceptors (Lipinski definition) is 5. The Morgan fingerprint density at radius 2 is 2.25 bits per heavy atom. The second-order valence-corrected chi connectivity index (χ2v) is 6.18. The molecule has 0 saturated carbocycles. The summed E-state index contributed by atoms with van der Waals surface area (Å²) in [6.07, 6.45) is 2.57. The van der Waals surface area contributed by atoms with Gasteiger partial charge in [-0.3, -0.25) is 0 Å². The standard InChI is InChI=1S/C14H18ClN3OS/c1-9(2)5-11(7-19)17-13-12(6-16-14(15)18-13)10-3-4-20-8-10/h3-4,6,8-9,11,19H,5,7H2,1-2H3,(H,16,17,18)/t11-/m0/s1. The molecular weight excluding hydrogens is 294 g/mol. The molecule has 0 radical (unpaired) electrons. The minimum Gasteiger partial charge on any atom is -0.394 e. The van der Waals surface area contributed by atoms with Crippen LogP contribution in [0.1, 0.15) is 20.3 Å². The van der Waals surface area contributed by atoms with Gasteiger partial charge in [0.25, 0.3) is 0 Å². The highest BCUT2D eigenvalue weighted by molar-refractivity contribution is 7.08. The molecule has 0 unspecified atom stereocenters. The first-order valence-corrected chi connectivity index (χ1v) is 7.84. The zero-order chi connectivity index (χ0) is 14.5. The maximum atomic E-state index is 9.49. The van der Waals surface area contributed by atoms with E-state index in [1.807, 2.05) is 16.8 Å². The number of hydrogen-bond donors (Lipinski definition) is 2. The fourth-order valence-corrected chi connectivity index (χ4v) is 2.83. The largest absolute Gasteiger partial charge is 0.394 e. The van der Waals surface area contributed by atoms with Crippen LogP contribution >= 0.6 is 22.9 Å². The Bertz CT molecular complexity index is 545. The third-order valence-corrected chi connectivity index (χ3v) is 3.77. The van der Waals surface area contributed by atoms with Gasteiger partial charge in [-0.25, -0.2) is 9.97 Å². The van der Waals surface area contributed by atoms with E-state index in [9.17, 15) is 5.11 Å². The lowest BCUT2D eigenvalue weighted by atomic mass is 10.0. The van der Waals surface area contributed by atoms with Crippen molar-refractivity contribution in [2.24, 2.45) is 5.92 Å². The second kappa shape index (κ2) is 7.02. The number of thiophene rings is 1. The highest BCUT2D eigenvalue weighted by Gasteiger charge is 2.15. The van der Waals surface area contributed by atoms with Crippen molar-refractivity contribution in [2.45, 2.75) is 26.3 Å². The molecule has 0 bridgehead atoms. The fraction of sp³-hybridized carbons (Fsp3) is 0.429. The van der Waals surface area contributed by atoms with Crippen molar-refractivity contribution in [1.29, 1.82) is 0 Å². The third kappa shape index (κ3) is 3.91. The molecule has 0 aliphatic heterocycles. The van der Waals surface area contributed by atoms with Gasteiger partial charge >= 0.3 is 0 Å². The SMILES string of the molecule is CC(C)C[C@@H](CO)Nc1nc(Cl)ncc1-c1ccsc1. The fourth-order valence-electron chi connectivity index (χ4n) is 2.04. The van der Waals surface area contributed by atoms with Gasteiger partial charge in [0, 0.05) is 11.8 Å². The molecule has 0 fully saturated rings. The van der Waals surface area contributed by atoms with Gasteiger partial charge in [0.05, 0.1) is 12.6 Å². The monoisotopic (exact) mass is 311 g/mol. The lowest BCUT2D eigenvalue weighted by Crippen LogP contribution is -2.26. The molecule has 20 heavy (non-hydrogen) atoms. The van der Waals surface area contributed by atoms with Gasteiger partial charge < -0.3 is 10.4 Å². The van der Waals surface area contributed by atoms with Crippen molar-refractivity contribution in [3.05, 3.63) is 28.3 Å². The maximum absolute atomic E-state index is 9.49. The van der Waals surface area contributed by atoms with Crippen LogP contribution in [0.2, 0.25) is 5.28 Å². The molecule has 6 heteroatoms. The van der Waals surface area contributed by atoms with Gasteiger partial charge in [0.1, 0.15) is 5.82 Å². The average molecular weight is 312 g/mol. The molecule has 4 nitrogen and oxygen atoms in total. The molecule has 2 aromatic rings. The highest BCUT2D eigenvalue weighted by atomic mass is 35.5. The molecule has 0 aliphatic rings. The predicted molar refractivity (Wildman–Crippen MR) is 84.3 cm³/mol. The Hall–Kier alpha value is -1.17. The molecule has 0 amide bonds. The first-order chi connectivity index (χ1) is 9.60. The number of aliphatic hydroxyl groups is 1.